The first-order valence-electron chi connectivity index (χ1n) is 5.18. The number of benzene rings is 1. The minimum atomic E-state index is -3.10. The van der Waals surface area contributed by atoms with E-state index in [4.69, 9.17) is 0 Å². The van der Waals surface area contributed by atoms with Crippen molar-refractivity contribution in [2.24, 2.45) is 0 Å². The zero-order valence-electron chi connectivity index (χ0n) is 10.2. The van der Waals surface area contributed by atoms with Crippen molar-refractivity contribution < 1.29 is 8.42 Å². The van der Waals surface area contributed by atoms with E-state index >= 15 is 0 Å². The smallest absolute Gasteiger partial charge is 0.167 e. The summed E-state index contributed by atoms with van der Waals surface area (Å²) in [4.78, 5) is 0. The Morgan fingerprint density at radius 3 is 2.00 bits per heavy atom. The summed E-state index contributed by atoms with van der Waals surface area (Å²) in [5.41, 5.74) is 0.949. The van der Waals surface area contributed by atoms with Crippen LogP contribution in [0.15, 0.2) is 34.9 Å². The molecule has 16 heavy (non-hydrogen) atoms. The van der Waals surface area contributed by atoms with Gasteiger partial charge in [0.1, 0.15) is 0 Å². The summed E-state index contributed by atoms with van der Waals surface area (Å²) in [6, 6.07) is 9.59. The molecule has 0 radical (unpaired) electrons. The fourth-order valence-corrected chi connectivity index (χ4v) is 6.98. The van der Waals surface area contributed by atoms with E-state index in [9.17, 15) is 8.42 Å². The van der Waals surface area contributed by atoms with Gasteiger partial charge in [-0.2, -0.15) is 0 Å². The molecule has 0 aromatic heterocycles. The highest BCUT2D eigenvalue weighted by Crippen LogP contribution is 2.22. The van der Waals surface area contributed by atoms with E-state index in [1.807, 2.05) is 56.0 Å². The quantitative estimate of drug-likeness (QED) is 0.777. The Kier molecular flexibility index (Phi) is 3.75. The van der Waals surface area contributed by atoms with E-state index in [1.54, 1.807) is 0 Å². The van der Waals surface area contributed by atoms with Crippen LogP contribution in [0.2, 0.25) is 19.6 Å². The molecule has 0 aliphatic heterocycles. The first-order chi connectivity index (χ1) is 7.21. The maximum Gasteiger partial charge on any atom is 0.167 e. The molecule has 0 atom stereocenters. The summed E-state index contributed by atoms with van der Waals surface area (Å²) < 4.78 is 24.1. The van der Waals surface area contributed by atoms with E-state index in [2.05, 4.69) is 0 Å². The van der Waals surface area contributed by atoms with E-state index in [-0.39, 0.29) is 0 Å². The molecular formula is C12H18O2SSi. The lowest BCUT2D eigenvalue weighted by Gasteiger charge is -2.19. The highest BCUT2D eigenvalue weighted by Gasteiger charge is 2.27. The molecule has 0 bridgehead atoms. The number of hydrogen-bond acceptors (Lipinski definition) is 2. The van der Waals surface area contributed by atoms with Crippen LogP contribution < -0.4 is 0 Å². The molecule has 1 aromatic rings. The van der Waals surface area contributed by atoms with Crippen molar-refractivity contribution in [3.8, 4) is 0 Å². The second-order valence-corrected chi connectivity index (χ2v) is 12.3. The van der Waals surface area contributed by atoms with Crippen molar-refractivity contribution in [3.63, 3.8) is 0 Å². The molecule has 0 saturated carbocycles. The van der Waals surface area contributed by atoms with E-state index in [0.29, 0.717) is 4.53 Å². The van der Waals surface area contributed by atoms with E-state index in [0.717, 1.165) is 5.56 Å². The molecule has 0 heterocycles. The molecule has 0 aliphatic carbocycles. The van der Waals surface area contributed by atoms with Gasteiger partial charge in [-0.1, -0.05) is 50.0 Å². The van der Waals surface area contributed by atoms with Gasteiger partial charge in [0.05, 0.1) is 8.07 Å². The van der Waals surface area contributed by atoms with Crippen LogP contribution in [-0.2, 0) is 9.84 Å². The fraction of sp³-hybridized carbons (Fsp3) is 0.333. The lowest BCUT2D eigenvalue weighted by Crippen LogP contribution is -2.28. The average Bonchev–Trinajstić information content (AvgIpc) is 2.12. The Balaban J connectivity index is 3.30. The SMILES string of the molecule is C[Si](C)(C)/C(=C/c1ccccc1)S(C)(=O)=O. The van der Waals surface area contributed by atoms with Crippen LogP contribution in [0.4, 0.5) is 0 Å². The van der Waals surface area contributed by atoms with Gasteiger partial charge in [0.15, 0.2) is 9.84 Å². The van der Waals surface area contributed by atoms with Gasteiger partial charge in [0, 0.05) is 10.8 Å². The molecule has 0 fully saturated rings. The number of rotatable bonds is 3. The Labute approximate surface area is 98.9 Å². The zero-order chi connectivity index (χ0) is 12.4. The van der Waals surface area contributed by atoms with Crippen molar-refractivity contribution in [3.05, 3.63) is 40.4 Å². The summed E-state index contributed by atoms with van der Waals surface area (Å²) in [5.74, 6) is 0. The Hall–Kier alpha value is -0.873. The summed E-state index contributed by atoms with van der Waals surface area (Å²) in [7, 11) is -4.93. The molecule has 0 saturated heterocycles. The standard InChI is InChI=1S/C12H18O2SSi/c1-15(13,14)12(16(2,3)4)10-11-8-6-5-7-9-11/h5-10H,1-4H3/b12-10+. The monoisotopic (exact) mass is 254 g/mol. The lowest BCUT2D eigenvalue weighted by molar-refractivity contribution is 0.609. The van der Waals surface area contributed by atoms with Gasteiger partial charge in [-0.15, -0.1) is 0 Å². The first kappa shape index (κ1) is 13.2. The highest BCUT2D eigenvalue weighted by molar-refractivity contribution is 7.97. The van der Waals surface area contributed by atoms with Gasteiger partial charge in [-0.3, -0.25) is 0 Å². The highest BCUT2D eigenvalue weighted by atomic mass is 32.2. The van der Waals surface area contributed by atoms with Crippen LogP contribution in [0.25, 0.3) is 6.08 Å². The Morgan fingerprint density at radius 1 is 1.12 bits per heavy atom. The van der Waals surface area contributed by atoms with Gasteiger partial charge in [0.2, 0.25) is 0 Å². The van der Waals surface area contributed by atoms with Gasteiger partial charge < -0.3 is 0 Å². The molecule has 0 unspecified atom stereocenters. The second-order valence-electron chi connectivity index (χ2n) is 4.94. The molecule has 0 amide bonds. The predicted molar refractivity (Wildman–Crippen MR) is 72.6 cm³/mol. The topological polar surface area (TPSA) is 34.1 Å². The van der Waals surface area contributed by atoms with Crippen molar-refractivity contribution in [2.45, 2.75) is 19.6 Å². The molecule has 0 aliphatic rings. The molecule has 88 valence electrons. The third-order valence-corrected chi connectivity index (χ3v) is 7.73. The Bertz CT molecular complexity index is 482. The summed E-state index contributed by atoms with van der Waals surface area (Å²) in [6.45, 7) is 6.13. The molecule has 2 nitrogen and oxygen atoms in total. The molecule has 0 spiro atoms. The fourth-order valence-electron chi connectivity index (χ4n) is 1.58. The normalized spacial score (nSPS) is 13.9. The average molecular weight is 254 g/mol. The maximum absolute atomic E-state index is 11.7. The van der Waals surface area contributed by atoms with Crippen LogP contribution in [-0.4, -0.2) is 22.7 Å². The van der Waals surface area contributed by atoms with Crippen LogP contribution in [0.5, 0.6) is 0 Å². The van der Waals surface area contributed by atoms with Crippen LogP contribution in [0.1, 0.15) is 5.56 Å². The molecule has 0 N–H and O–H groups in total. The molecule has 4 heteroatoms. The minimum absolute atomic E-state index is 0.603. The van der Waals surface area contributed by atoms with Crippen LogP contribution in [0, 0.1) is 0 Å². The zero-order valence-corrected chi connectivity index (χ0v) is 12.0. The summed E-state index contributed by atoms with van der Waals surface area (Å²) in [5, 5.41) is 0. The first-order valence-corrected chi connectivity index (χ1v) is 10.6. The van der Waals surface area contributed by atoms with Gasteiger partial charge >= 0.3 is 0 Å². The van der Waals surface area contributed by atoms with Crippen molar-refractivity contribution in [2.75, 3.05) is 6.26 Å². The van der Waals surface area contributed by atoms with Crippen LogP contribution in [0.3, 0.4) is 0 Å². The number of hydrogen-bond donors (Lipinski definition) is 0. The predicted octanol–water partition coefficient (Wildman–Crippen LogP) is 2.95. The van der Waals surface area contributed by atoms with Gasteiger partial charge in [-0.25, -0.2) is 8.42 Å². The van der Waals surface area contributed by atoms with Crippen molar-refractivity contribution in [1.82, 2.24) is 0 Å². The molecule has 1 aromatic carbocycles. The Morgan fingerprint density at radius 2 is 1.62 bits per heavy atom. The van der Waals surface area contributed by atoms with E-state index < -0.39 is 17.9 Å². The number of sulfone groups is 1. The molecular weight excluding hydrogens is 236 g/mol. The third kappa shape index (κ3) is 3.61. The third-order valence-electron chi connectivity index (χ3n) is 2.24. The van der Waals surface area contributed by atoms with Gasteiger partial charge in [-0.05, 0) is 11.6 Å². The maximum atomic E-state index is 11.7. The largest absolute Gasteiger partial charge is 0.225 e. The van der Waals surface area contributed by atoms with Crippen molar-refractivity contribution >= 4 is 24.0 Å². The van der Waals surface area contributed by atoms with E-state index in [1.165, 1.54) is 6.26 Å². The molecule has 1 rings (SSSR count). The summed E-state index contributed by atoms with van der Waals surface area (Å²) >= 11 is 0. The lowest BCUT2D eigenvalue weighted by atomic mass is 10.2. The van der Waals surface area contributed by atoms with Crippen molar-refractivity contribution in [1.29, 1.82) is 0 Å². The minimum Gasteiger partial charge on any atom is -0.225 e. The summed E-state index contributed by atoms with van der Waals surface area (Å²) in [6.07, 6.45) is 3.10. The van der Waals surface area contributed by atoms with Crippen LogP contribution >= 0.6 is 0 Å². The van der Waals surface area contributed by atoms with Gasteiger partial charge in [0.25, 0.3) is 0 Å². The second kappa shape index (κ2) is 4.55.